The van der Waals surface area contributed by atoms with Gasteiger partial charge >= 0.3 is 5.97 Å². The number of rotatable bonds is 6. The lowest BCUT2D eigenvalue weighted by Crippen LogP contribution is -2.09. The molecule has 0 aliphatic rings. The molecule has 0 saturated carbocycles. The molecule has 1 aromatic heterocycles. The Bertz CT molecular complexity index is 405. The van der Waals surface area contributed by atoms with Crippen LogP contribution in [0.1, 0.15) is 6.42 Å². The molecule has 1 rings (SSSR count). The zero-order chi connectivity index (χ0) is 12.0. The number of aromatic nitrogens is 2. The predicted octanol–water partition coefficient (Wildman–Crippen LogP) is 1.23. The van der Waals surface area contributed by atoms with E-state index in [1.807, 2.05) is 0 Å². The summed E-state index contributed by atoms with van der Waals surface area (Å²) in [6.45, 7) is 3.43. The minimum absolute atomic E-state index is 0.0742. The van der Waals surface area contributed by atoms with E-state index in [1.54, 1.807) is 0 Å². The van der Waals surface area contributed by atoms with Gasteiger partial charge in [-0.15, -0.1) is 16.8 Å². The number of nitrogens with zero attached hydrogens (tertiary/aromatic N) is 2. The Kier molecular flexibility index (Phi) is 4.93. The van der Waals surface area contributed by atoms with E-state index in [-0.39, 0.29) is 18.1 Å². The van der Waals surface area contributed by atoms with Crippen LogP contribution in [-0.4, -0.2) is 32.9 Å². The smallest absolute Gasteiger partial charge is 0.313 e. The van der Waals surface area contributed by atoms with Crippen LogP contribution in [0.15, 0.2) is 17.0 Å². The molecule has 6 nitrogen and oxygen atoms in total. The molecule has 0 atom stereocenters. The van der Waals surface area contributed by atoms with Gasteiger partial charge in [-0.3, -0.25) is 9.59 Å². The summed E-state index contributed by atoms with van der Waals surface area (Å²) in [6, 6.07) is 0. The second kappa shape index (κ2) is 6.23. The maximum atomic E-state index is 11.1. The van der Waals surface area contributed by atoms with Gasteiger partial charge in [0.2, 0.25) is 11.0 Å². The molecule has 1 heterocycles. The number of carboxylic acids is 1. The number of hydrogen-bond donors (Lipinski definition) is 2. The Hall–Kier alpha value is -1.41. The maximum absolute atomic E-state index is 11.1. The van der Waals surface area contributed by atoms with Crippen molar-refractivity contribution >= 4 is 40.1 Å². The molecular weight excluding hydrogens is 250 g/mol. The van der Waals surface area contributed by atoms with Crippen LogP contribution in [0.4, 0.5) is 5.13 Å². The van der Waals surface area contributed by atoms with E-state index in [0.717, 1.165) is 23.1 Å². The lowest BCUT2D eigenvalue weighted by molar-refractivity contribution is -0.133. The van der Waals surface area contributed by atoms with Gasteiger partial charge in [0.1, 0.15) is 0 Å². The van der Waals surface area contributed by atoms with Gasteiger partial charge in [-0.2, -0.15) is 0 Å². The van der Waals surface area contributed by atoms with Gasteiger partial charge in [0.15, 0.2) is 4.34 Å². The first-order valence-corrected chi connectivity index (χ1v) is 6.01. The number of hydrogen-bond acceptors (Lipinski definition) is 6. The molecule has 0 aliphatic heterocycles. The lowest BCUT2D eigenvalue weighted by atomic mass is 10.4. The maximum Gasteiger partial charge on any atom is 0.313 e. The van der Waals surface area contributed by atoms with Crippen LogP contribution in [0.25, 0.3) is 0 Å². The first kappa shape index (κ1) is 12.7. The van der Waals surface area contributed by atoms with Crippen molar-refractivity contribution in [2.75, 3.05) is 11.1 Å². The van der Waals surface area contributed by atoms with Crippen LogP contribution in [0.2, 0.25) is 0 Å². The fraction of sp³-hybridized carbons (Fsp3) is 0.250. The molecule has 2 N–H and O–H groups in total. The second-order valence-corrected chi connectivity index (χ2v) is 4.80. The van der Waals surface area contributed by atoms with Crippen molar-refractivity contribution in [3.8, 4) is 0 Å². The summed E-state index contributed by atoms with van der Waals surface area (Å²) in [5.74, 6) is -1.21. The summed E-state index contributed by atoms with van der Waals surface area (Å²) in [5.41, 5.74) is 0. The van der Waals surface area contributed by atoms with E-state index in [1.165, 1.54) is 6.08 Å². The molecule has 0 unspecified atom stereocenters. The highest BCUT2D eigenvalue weighted by Gasteiger charge is 2.08. The fourth-order valence-corrected chi connectivity index (χ4v) is 2.23. The number of nitrogens with one attached hydrogen (secondary N) is 1. The van der Waals surface area contributed by atoms with E-state index in [0.29, 0.717) is 9.47 Å². The molecule has 0 fully saturated rings. The highest BCUT2D eigenvalue weighted by Crippen LogP contribution is 2.25. The molecule has 0 saturated heterocycles. The van der Waals surface area contributed by atoms with Crippen LogP contribution in [-0.2, 0) is 9.59 Å². The number of carboxylic acid groups (broad SMARTS) is 1. The fourth-order valence-electron chi connectivity index (χ4n) is 0.743. The van der Waals surface area contributed by atoms with Crippen LogP contribution in [0.3, 0.4) is 0 Å². The van der Waals surface area contributed by atoms with Gasteiger partial charge in [0, 0.05) is 6.42 Å². The van der Waals surface area contributed by atoms with Crippen LogP contribution >= 0.6 is 23.1 Å². The highest BCUT2D eigenvalue weighted by atomic mass is 32.2. The molecule has 0 bridgehead atoms. The summed E-state index contributed by atoms with van der Waals surface area (Å²) in [5, 5.41) is 18.8. The van der Waals surface area contributed by atoms with Crippen LogP contribution < -0.4 is 5.32 Å². The Morgan fingerprint density at radius 3 is 2.94 bits per heavy atom. The Morgan fingerprint density at radius 1 is 1.56 bits per heavy atom. The highest BCUT2D eigenvalue weighted by molar-refractivity contribution is 8.01. The summed E-state index contributed by atoms with van der Waals surface area (Å²) < 4.78 is 0.510. The van der Waals surface area contributed by atoms with Crippen molar-refractivity contribution in [1.29, 1.82) is 0 Å². The largest absolute Gasteiger partial charge is 0.481 e. The SMILES string of the molecule is C=CCC(=O)Nc1nnc(SCC(=O)O)s1. The van der Waals surface area contributed by atoms with E-state index in [2.05, 4.69) is 22.1 Å². The van der Waals surface area contributed by atoms with Crippen molar-refractivity contribution in [3.63, 3.8) is 0 Å². The number of carbonyl (C=O) groups is 2. The number of aliphatic carboxylic acids is 1. The van der Waals surface area contributed by atoms with Gasteiger partial charge in [-0.05, 0) is 0 Å². The zero-order valence-electron chi connectivity index (χ0n) is 8.17. The third-order valence-corrected chi connectivity index (χ3v) is 3.26. The number of anilines is 1. The van der Waals surface area contributed by atoms with Crippen molar-refractivity contribution in [2.24, 2.45) is 0 Å². The van der Waals surface area contributed by atoms with Gasteiger partial charge in [0.25, 0.3) is 0 Å². The molecule has 16 heavy (non-hydrogen) atoms. The summed E-state index contributed by atoms with van der Waals surface area (Å²) in [6.07, 6.45) is 1.69. The van der Waals surface area contributed by atoms with Crippen molar-refractivity contribution in [2.45, 2.75) is 10.8 Å². The average molecular weight is 259 g/mol. The Morgan fingerprint density at radius 2 is 2.31 bits per heavy atom. The molecular formula is C8H9N3O3S2. The minimum Gasteiger partial charge on any atom is -0.481 e. The Labute approximate surface area is 99.8 Å². The summed E-state index contributed by atoms with van der Waals surface area (Å²) in [7, 11) is 0. The molecule has 0 aliphatic carbocycles. The quantitative estimate of drug-likeness (QED) is 0.453. The molecule has 0 aromatic carbocycles. The third kappa shape index (κ3) is 4.41. The summed E-state index contributed by atoms with van der Waals surface area (Å²) >= 11 is 2.20. The first-order chi connectivity index (χ1) is 7.61. The number of thioether (sulfide) groups is 1. The molecule has 1 amide bonds. The van der Waals surface area contributed by atoms with E-state index >= 15 is 0 Å². The van der Waals surface area contributed by atoms with Gasteiger partial charge in [-0.25, -0.2) is 0 Å². The Balaban J connectivity index is 2.47. The van der Waals surface area contributed by atoms with E-state index < -0.39 is 5.97 Å². The van der Waals surface area contributed by atoms with Crippen molar-refractivity contribution in [3.05, 3.63) is 12.7 Å². The number of amides is 1. The molecule has 86 valence electrons. The zero-order valence-corrected chi connectivity index (χ0v) is 9.81. The normalized spacial score (nSPS) is 9.75. The number of carbonyl (C=O) groups excluding carboxylic acids is 1. The van der Waals surface area contributed by atoms with E-state index in [4.69, 9.17) is 5.11 Å². The monoisotopic (exact) mass is 259 g/mol. The van der Waals surface area contributed by atoms with Crippen LogP contribution in [0.5, 0.6) is 0 Å². The molecule has 8 heteroatoms. The molecule has 0 spiro atoms. The first-order valence-electron chi connectivity index (χ1n) is 4.20. The minimum atomic E-state index is -0.919. The summed E-state index contributed by atoms with van der Waals surface area (Å²) in [4.78, 5) is 21.4. The molecule has 0 radical (unpaired) electrons. The lowest BCUT2D eigenvalue weighted by Gasteiger charge is -1.95. The molecule has 1 aromatic rings. The topological polar surface area (TPSA) is 92.2 Å². The van der Waals surface area contributed by atoms with Crippen LogP contribution in [0, 0.1) is 0 Å². The van der Waals surface area contributed by atoms with Crippen molar-refractivity contribution < 1.29 is 14.7 Å². The predicted molar refractivity (Wildman–Crippen MR) is 61.7 cm³/mol. The van der Waals surface area contributed by atoms with Gasteiger partial charge in [0.05, 0.1) is 5.75 Å². The second-order valence-electron chi connectivity index (χ2n) is 2.60. The standard InChI is InChI=1S/C8H9N3O3S2/c1-2-3-5(12)9-7-10-11-8(16-7)15-4-6(13)14/h2H,1,3-4H2,(H,13,14)(H,9,10,12). The van der Waals surface area contributed by atoms with Gasteiger partial charge < -0.3 is 10.4 Å². The van der Waals surface area contributed by atoms with Crippen molar-refractivity contribution in [1.82, 2.24) is 10.2 Å². The average Bonchev–Trinajstić information content (AvgIpc) is 2.63. The van der Waals surface area contributed by atoms with E-state index in [9.17, 15) is 9.59 Å². The third-order valence-electron chi connectivity index (χ3n) is 1.30. The van der Waals surface area contributed by atoms with Gasteiger partial charge in [-0.1, -0.05) is 29.2 Å².